The average Bonchev–Trinajstić information content (AvgIpc) is 2.75. The van der Waals surface area contributed by atoms with Crippen molar-refractivity contribution < 1.29 is 0 Å². The Morgan fingerprint density at radius 2 is 2.41 bits per heavy atom. The summed E-state index contributed by atoms with van der Waals surface area (Å²) in [5, 5.41) is 11.6. The van der Waals surface area contributed by atoms with Gasteiger partial charge >= 0.3 is 0 Å². The van der Waals surface area contributed by atoms with E-state index < -0.39 is 0 Å². The van der Waals surface area contributed by atoms with Gasteiger partial charge in [-0.3, -0.25) is 4.98 Å². The molecular formula is C11H11N4S2. The molecule has 0 spiro atoms. The van der Waals surface area contributed by atoms with Gasteiger partial charge in [-0.25, -0.2) is 0 Å². The molecule has 2 rings (SSSR count). The third kappa shape index (κ3) is 3.34. The fourth-order valence-electron chi connectivity index (χ4n) is 1.32. The molecule has 0 aliphatic heterocycles. The highest BCUT2D eigenvalue weighted by atomic mass is 32.2. The molecule has 2 aromatic heterocycles. The molecule has 0 saturated heterocycles. The molecule has 87 valence electrons. The van der Waals surface area contributed by atoms with E-state index in [4.69, 9.17) is 12.2 Å². The lowest BCUT2D eigenvalue weighted by Crippen LogP contribution is -2.09. The van der Waals surface area contributed by atoms with Gasteiger partial charge < -0.3 is 4.57 Å². The van der Waals surface area contributed by atoms with Crippen LogP contribution in [-0.2, 0) is 13.5 Å². The highest BCUT2D eigenvalue weighted by molar-refractivity contribution is 8.01. The van der Waals surface area contributed by atoms with E-state index in [1.807, 2.05) is 29.8 Å². The van der Waals surface area contributed by atoms with Crippen molar-refractivity contribution in [1.82, 2.24) is 19.7 Å². The van der Waals surface area contributed by atoms with Crippen LogP contribution in [0.2, 0.25) is 0 Å². The van der Waals surface area contributed by atoms with Crippen LogP contribution in [0.25, 0.3) is 0 Å². The summed E-state index contributed by atoms with van der Waals surface area (Å²) in [6.07, 6.45) is 4.20. The fourth-order valence-corrected chi connectivity index (χ4v) is 2.41. The first-order valence-electron chi connectivity index (χ1n) is 5.08. The lowest BCUT2D eigenvalue weighted by atomic mass is 10.2. The van der Waals surface area contributed by atoms with Crippen LogP contribution >= 0.6 is 24.0 Å². The average molecular weight is 263 g/mol. The smallest absolute Gasteiger partial charge is 0.191 e. The van der Waals surface area contributed by atoms with Crippen molar-refractivity contribution in [3.8, 4) is 0 Å². The van der Waals surface area contributed by atoms with E-state index >= 15 is 0 Å². The van der Waals surface area contributed by atoms with Crippen LogP contribution in [0.15, 0.2) is 35.9 Å². The number of aryl methyl sites for hydroxylation is 1. The fraction of sp³-hybridized carbons (Fsp3) is 0.273. The van der Waals surface area contributed by atoms with Crippen molar-refractivity contribution in [2.45, 2.75) is 16.8 Å². The summed E-state index contributed by atoms with van der Waals surface area (Å²) >= 11 is 6.48. The Hall–Kier alpha value is -1.27. The monoisotopic (exact) mass is 263 g/mol. The summed E-state index contributed by atoms with van der Waals surface area (Å²) in [6.45, 7) is 0. The number of nitrogens with zero attached hydrogens (tertiary/aromatic N) is 4. The minimum Gasteiger partial charge on any atom is -0.312 e. The number of hydrogen-bond acceptors (Lipinski definition) is 5. The van der Waals surface area contributed by atoms with Crippen molar-refractivity contribution in [3.05, 3.63) is 36.4 Å². The van der Waals surface area contributed by atoms with Crippen molar-refractivity contribution in [1.29, 1.82) is 0 Å². The molecule has 0 N–H and O–H groups in total. The van der Waals surface area contributed by atoms with E-state index in [0.29, 0.717) is 0 Å². The summed E-state index contributed by atoms with van der Waals surface area (Å²) in [4.78, 5) is 4.28. The van der Waals surface area contributed by atoms with Gasteiger partial charge in [0.05, 0.1) is 5.25 Å². The first-order valence-corrected chi connectivity index (χ1v) is 6.36. The summed E-state index contributed by atoms with van der Waals surface area (Å²) in [5.41, 5.74) is 1.00. The minimum atomic E-state index is 0.0581. The number of pyridine rings is 1. The van der Waals surface area contributed by atoms with Crippen LogP contribution in [0.1, 0.15) is 5.69 Å². The van der Waals surface area contributed by atoms with Gasteiger partial charge in [-0.05, 0) is 12.1 Å². The number of thiocarbonyl (C=S) groups is 1. The molecule has 0 aliphatic carbocycles. The number of hydrogen-bond donors (Lipinski definition) is 0. The topological polar surface area (TPSA) is 43.6 Å². The zero-order chi connectivity index (χ0) is 12.1. The van der Waals surface area contributed by atoms with Gasteiger partial charge in [-0.2, -0.15) is 0 Å². The van der Waals surface area contributed by atoms with Crippen molar-refractivity contribution >= 4 is 29.3 Å². The predicted octanol–water partition coefficient (Wildman–Crippen LogP) is 1.79. The zero-order valence-electron chi connectivity index (χ0n) is 9.28. The van der Waals surface area contributed by atoms with Gasteiger partial charge in [0.15, 0.2) is 5.16 Å². The molecule has 0 fully saturated rings. The van der Waals surface area contributed by atoms with Crippen LogP contribution in [0.4, 0.5) is 0 Å². The Balaban J connectivity index is 2.03. The Kier molecular flexibility index (Phi) is 4.22. The first-order chi connectivity index (χ1) is 8.29. The van der Waals surface area contributed by atoms with E-state index in [1.165, 1.54) is 0 Å². The second-order valence-electron chi connectivity index (χ2n) is 3.47. The zero-order valence-corrected chi connectivity index (χ0v) is 10.9. The largest absolute Gasteiger partial charge is 0.312 e. The highest BCUT2D eigenvalue weighted by Crippen LogP contribution is 2.21. The molecule has 17 heavy (non-hydrogen) atoms. The van der Waals surface area contributed by atoms with Crippen molar-refractivity contribution in [3.63, 3.8) is 0 Å². The molecule has 0 amide bonds. The minimum absolute atomic E-state index is 0.0581. The molecule has 1 radical (unpaired) electrons. The molecule has 1 atom stereocenters. The van der Waals surface area contributed by atoms with Crippen LogP contribution in [0.5, 0.6) is 0 Å². The Labute approximate surface area is 109 Å². The van der Waals surface area contributed by atoms with Gasteiger partial charge in [0, 0.05) is 30.7 Å². The summed E-state index contributed by atoms with van der Waals surface area (Å²) < 4.78 is 1.86. The second kappa shape index (κ2) is 5.88. The number of aromatic nitrogens is 4. The van der Waals surface area contributed by atoms with E-state index in [-0.39, 0.29) is 5.25 Å². The lowest BCUT2D eigenvalue weighted by Gasteiger charge is -2.09. The second-order valence-corrected chi connectivity index (χ2v) is 4.88. The maximum atomic E-state index is 4.93. The van der Waals surface area contributed by atoms with Gasteiger partial charge in [0.2, 0.25) is 0 Å². The summed E-state index contributed by atoms with van der Waals surface area (Å²) in [6, 6.07) is 5.85. The molecule has 2 aromatic rings. The predicted molar refractivity (Wildman–Crippen MR) is 71.2 cm³/mol. The summed E-state index contributed by atoms with van der Waals surface area (Å²) in [7, 11) is 1.91. The molecule has 6 heteroatoms. The maximum absolute atomic E-state index is 4.93. The van der Waals surface area contributed by atoms with Gasteiger partial charge in [0.25, 0.3) is 0 Å². The third-order valence-corrected chi connectivity index (χ3v) is 3.75. The molecule has 0 aliphatic rings. The van der Waals surface area contributed by atoms with Crippen LogP contribution in [0, 0.1) is 0 Å². The van der Waals surface area contributed by atoms with Crippen LogP contribution in [-0.4, -0.2) is 30.4 Å². The molecule has 0 bridgehead atoms. The molecule has 2 heterocycles. The Morgan fingerprint density at radius 3 is 3.00 bits per heavy atom. The van der Waals surface area contributed by atoms with Crippen molar-refractivity contribution in [2.24, 2.45) is 7.05 Å². The van der Waals surface area contributed by atoms with Gasteiger partial charge in [0.1, 0.15) is 6.33 Å². The molecular weight excluding hydrogens is 252 g/mol. The summed E-state index contributed by atoms with van der Waals surface area (Å²) in [5.74, 6) is 0. The Bertz CT molecular complexity index is 483. The van der Waals surface area contributed by atoms with Gasteiger partial charge in [-0.15, -0.1) is 10.2 Å². The van der Waals surface area contributed by atoms with E-state index in [0.717, 1.165) is 17.3 Å². The van der Waals surface area contributed by atoms with Crippen LogP contribution in [0.3, 0.4) is 0 Å². The molecule has 0 aromatic carbocycles. The quantitative estimate of drug-likeness (QED) is 0.608. The number of thioether (sulfide) groups is 1. The maximum Gasteiger partial charge on any atom is 0.191 e. The molecule has 4 nitrogen and oxygen atoms in total. The van der Waals surface area contributed by atoms with Gasteiger partial charge in [-0.1, -0.05) is 30.0 Å². The Morgan fingerprint density at radius 1 is 1.53 bits per heavy atom. The number of rotatable bonds is 5. The third-order valence-electron chi connectivity index (χ3n) is 2.17. The first kappa shape index (κ1) is 12.2. The van der Waals surface area contributed by atoms with Crippen molar-refractivity contribution in [2.75, 3.05) is 0 Å². The van der Waals surface area contributed by atoms with E-state index in [9.17, 15) is 0 Å². The van der Waals surface area contributed by atoms with E-state index in [1.54, 1.807) is 24.3 Å². The highest BCUT2D eigenvalue weighted by Gasteiger charge is 2.13. The lowest BCUT2D eigenvalue weighted by molar-refractivity contribution is 0.786. The normalized spacial score (nSPS) is 12.3. The SMILES string of the molecule is Cn1cnnc1SC([C]=S)Cc1ccccn1. The standard InChI is InChI=1S/C11H11N4S2/c1-15-8-13-14-11(15)17-10(7-16)6-9-4-2-3-5-12-9/h2-5,8,10H,6H2,1H3. The molecule has 1 unspecified atom stereocenters. The van der Waals surface area contributed by atoms with E-state index in [2.05, 4.69) is 20.5 Å². The van der Waals surface area contributed by atoms with Crippen LogP contribution < -0.4 is 0 Å². The molecule has 0 saturated carbocycles.